The number of rotatable bonds is 0. The molecule has 0 aromatic heterocycles. The molecule has 1 aliphatic rings. The highest BCUT2D eigenvalue weighted by Crippen LogP contribution is 2.37. The predicted molar refractivity (Wildman–Crippen MR) is 87.9 cm³/mol. The Morgan fingerprint density at radius 3 is 1.64 bits per heavy atom. The van der Waals surface area contributed by atoms with Crippen LogP contribution >= 0.6 is 0 Å². The van der Waals surface area contributed by atoms with Gasteiger partial charge >= 0.3 is 0 Å². The van der Waals surface area contributed by atoms with Crippen LogP contribution in [-0.2, 0) is 0 Å². The standard InChI is InChI=1S/C18H12N4/c19-9-13(10-20)18-16-7-14(21)5-3-11(16)1-2-12-4-6-15(22)8-17(12)18/h1-8H,21-22H2. The highest BCUT2D eigenvalue weighted by Gasteiger charge is 2.20. The van der Waals surface area contributed by atoms with Crippen LogP contribution in [0, 0.1) is 22.7 Å². The minimum atomic E-state index is 0.0439. The second kappa shape index (κ2) is 5.12. The average Bonchev–Trinajstić information content (AvgIpc) is 2.66. The maximum absolute atomic E-state index is 9.35. The van der Waals surface area contributed by atoms with Gasteiger partial charge in [0.15, 0.2) is 0 Å². The summed E-state index contributed by atoms with van der Waals surface area (Å²) in [5, 5.41) is 18.7. The quantitative estimate of drug-likeness (QED) is 0.489. The largest absolute Gasteiger partial charge is 0.399 e. The van der Waals surface area contributed by atoms with Crippen molar-refractivity contribution >= 4 is 29.1 Å². The van der Waals surface area contributed by atoms with Gasteiger partial charge in [0.1, 0.15) is 17.7 Å². The molecule has 0 amide bonds. The van der Waals surface area contributed by atoms with Gasteiger partial charge in [-0.25, -0.2) is 0 Å². The summed E-state index contributed by atoms with van der Waals surface area (Å²) in [6.45, 7) is 0. The number of allylic oxidation sites excluding steroid dienone is 1. The molecule has 4 nitrogen and oxygen atoms in total. The summed E-state index contributed by atoms with van der Waals surface area (Å²) in [5.41, 5.74) is 16.9. The summed E-state index contributed by atoms with van der Waals surface area (Å²) in [6, 6.07) is 14.9. The molecule has 4 heteroatoms. The molecule has 0 radical (unpaired) electrons. The molecule has 0 bridgehead atoms. The van der Waals surface area contributed by atoms with Crippen LogP contribution in [0.15, 0.2) is 42.0 Å². The first-order valence-electron chi connectivity index (χ1n) is 6.66. The molecule has 0 heterocycles. The van der Waals surface area contributed by atoms with E-state index in [0.717, 1.165) is 22.3 Å². The fourth-order valence-corrected chi connectivity index (χ4v) is 2.60. The molecule has 4 N–H and O–H groups in total. The number of hydrogen-bond donors (Lipinski definition) is 2. The Balaban J connectivity index is 2.47. The van der Waals surface area contributed by atoms with E-state index in [1.807, 2.05) is 36.4 Å². The molecule has 0 fully saturated rings. The molecular weight excluding hydrogens is 272 g/mol. The normalized spacial score (nSPS) is 11.6. The zero-order valence-electron chi connectivity index (χ0n) is 11.7. The Labute approximate surface area is 128 Å². The molecule has 3 rings (SSSR count). The highest BCUT2D eigenvalue weighted by atomic mass is 14.5. The Bertz CT molecular complexity index is 848. The van der Waals surface area contributed by atoms with Crippen LogP contribution in [0.25, 0.3) is 17.7 Å². The van der Waals surface area contributed by atoms with Crippen molar-refractivity contribution < 1.29 is 0 Å². The molecule has 1 aliphatic carbocycles. The van der Waals surface area contributed by atoms with Crippen molar-refractivity contribution in [1.29, 1.82) is 10.5 Å². The third-order valence-corrected chi connectivity index (χ3v) is 3.61. The first-order chi connectivity index (χ1) is 10.6. The molecule has 104 valence electrons. The summed E-state index contributed by atoms with van der Waals surface area (Å²) in [6.07, 6.45) is 3.90. The van der Waals surface area contributed by atoms with Gasteiger partial charge in [0.25, 0.3) is 0 Å². The van der Waals surface area contributed by atoms with Crippen LogP contribution in [-0.4, -0.2) is 0 Å². The van der Waals surface area contributed by atoms with E-state index < -0.39 is 0 Å². The van der Waals surface area contributed by atoms with Crippen LogP contribution in [0.3, 0.4) is 0 Å². The van der Waals surface area contributed by atoms with E-state index in [4.69, 9.17) is 11.5 Å². The van der Waals surface area contributed by atoms with Gasteiger partial charge in [-0.2, -0.15) is 10.5 Å². The lowest BCUT2D eigenvalue weighted by Crippen LogP contribution is -1.98. The lowest BCUT2D eigenvalue weighted by atomic mass is 9.89. The molecule has 0 saturated heterocycles. The number of nitrogens with zero attached hydrogens (tertiary/aromatic N) is 2. The Morgan fingerprint density at radius 1 is 0.773 bits per heavy atom. The van der Waals surface area contributed by atoms with Crippen molar-refractivity contribution in [3.05, 3.63) is 64.2 Å². The van der Waals surface area contributed by atoms with Crippen molar-refractivity contribution in [2.75, 3.05) is 11.5 Å². The second-order valence-electron chi connectivity index (χ2n) is 5.00. The van der Waals surface area contributed by atoms with Gasteiger partial charge in [-0.3, -0.25) is 0 Å². The summed E-state index contributed by atoms with van der Waals surface area (Å²) in [7, 11) is 0. The van der Waals surface area contributed by atoms with Gasteiger partial charge in [-0.15, -0.1) is 0 Å². The molecule has 0 atom stereocenters. The zero-order valence-corrected chi connectivity index (χ0v) is 11.7. The summed E-state index contributed by atoms with van der Waals surface area (Å²) >= 11 is 0. The summed E-state index contributed by atoms with van der Waals surface area (Å²) in [5.74, 6) is 0. The molecular formula is C18H12N4. The fourth-order valence-electron chi connectivity index (χ4n) is 2.60. The van der Waals surface area contributed by atoms with Gasteiger partial charge in [0.2, 0.25) is 0 Å². The monoisotopic (exact) mass is 284 g/mol. The molecule has 0 aliphatic heterocycles. The molecule has 2 aromatic rings. The first kappa shape index (κ1) is 13.5. The summed E-state index contributed by atoms with van der Waals surface area (Å²) < 4.78 is 0. The van der Waals surface area contributed by atoms with Crippen molar-refractivity contribution in [2.45, 2.75) is 0 Å². The van der Waals surface area contributed by atoms with E-state index in [0.29, 0.717) is 16.9 Å². The number of benzene rings is 2. The predicted octanol–water partition coefficient (Wildman–Crippen LogP) is 3.18. The molecule has 2 aromatic carbocycles. The number of nitrogens with two attached hydrogens (primary N) is 2. The van der Waals surface area contributed by atoms with Crippen molar-refractivity contribution in [1.82, 2.24) is 0 Å². The number of nitriles is 2. The van der Waals surface area contributed by atoms with Crippen LogP contribution in [0.1, 0.15) is 22.3 Å². The smallest absolute Gasteiger partial charge is 0.138 e. The van der Waals surface area contributed by atoms with Gasteiger partial charge in [0.05, 0.1) is 0 Å². The third-order valence-electron chi connectivity index (χ3n) is 3.61. The van der Waals surface area contributed by atoms with Crippen molar-refractivity contribution in [2.24, 2.45) is 0 Å². The van der Waals surface area contributed by atoms with E-state index in [-0.39, 0.29) is 5.57 Å². The average molecular weight is 284 g/mol. The minimum Gasteiger partial charge on any atom is -0.399 e. The van der Waals surface area contributed by atoms with E-state index in [9.17, 15) is 10.5 Å². The van der Waals surface area contributed by atoms with Gasteiger partial charge < -0.3 is 11.5 Å². The van der Waals surface area contributed by atoms with E-state index >= 15 is 0 Å². The molecule has 0 unspecified atom stereocenters. The van der Waals surface area contributed by atoms with Crippen LogP contribution in [0.4, 0.5) is 11.4 Å². The maximum Gasteiger partial charge on any atom is 0.138 e. The Morgan fingerprint density at radius 2 is 1.23 bits per heavy atom. The number of anilines is 2. The highest BCUT2D eigenvalue weighted by molar-refractivity contribution is 5.98. The fraction of sp³-hybridized carbons (Fsp3) is 0. The number of hydrogen-bond acceptors (Lipinski definition) is 4. The second-order valence-corrected chi connectivity index (χ2v) is 5.00. The van der Waals surface area contributed by atoms with Crippen molar-refractivity contribution in [3.8, 4) is 12.1 Å². The van der Waals surface area contributed by atoms with Crippen LogP contribution < -0.4 is 11.5 Å². The first-order valence-corrected chi connectivity index (χ1v) is 6.66. The summed E-state index contributed by atoms with van der Waals surface area (Å²) in [4.78, 5) is 0. The SMILES string of the molecule is N#CC(C#N)=C1c2cc(N)ccc2C=Cc2ccc(N)cc21. The maximum atomic E-state index is 9.35. The topological polar surface area (TPSA) is 99.6 Å². The van der Waals surface area contributed by atoms with Crippen LogP contribution in [0.2, 0.25) is 0 Å². The minimum absolute atomic E-state index is 0.0439. The van der Waals surface area contributed by atoms with E-state index in [1.54, 1.807) is 24.3 Å². The molecule has 0 saturated carbocycles. The van der Waals surface area contributed by atoms with Crippen LogP contribution in [0.5, 0.6) is 0 Å². The lowest BCUT2D eigenvalue weighted by molar-refractivity contribution is 1.44. The van der Waals surface area contributed by atoms with E-state index in [1.165, 1.54) is 0 Å². The Hall–Kier alpha value is -3.50. The van der Waals surface area contributed by atoms with E-state index in [2.05, 4.69) is 0 Å². The molecule has 0 spiro atoms. The van der Waals surface area contributed by atoms with Gasteiger partial charge in [0, 0.05) is 16.9 Å². The lowest BCUT2D eigenvalue weighted by Gasteiger charge is -2.13. The van der Waals surface area contributed by atoms with Gasteiger partial charge in [-0.05, 0) is 46.5 Å². The number of fused-ring (bicyclic) bond motifs is 2. The number of nitrogen functional groups attached to an aromatic ring is 2. The van der Waals surface area contributed by atoms with Crippen molar-refractivity contribution in [3.63, 3.8) is 0 Å². The molecule has 22 heavy (non-hydrogen) atoms. The van der Waals surface area contributed by atoms with Gasteiger partial charge in [-0.1, -0.05) is 24.3 Å². The Kier molecular flexibility index (Phi) is 3.14. The zero-order chi connectivity index (χ0) is 15.7. The third kappa shape index (κ3) is 2.09.